The van der Waals surface area contributed by atoms with Crippen molar-refractivity contribution in [1.82, 2.24) is 26.6 Å². The van der Waals surface area contributed by atoms with E-state index in [1.807, 2.05) is 0 Å². The van der Waals surface area contributed by atoms with Crippen molar-refractivity contribution in [2.75, 3.05) is 160 Å². The third kappa shape index (κ3) is 37.1. The molecule has 370 valence electrons. The summed E-state index contributed by atoms with van der Waals surface area (Å²) in [7, 11) is 1.02. The molecule has 0 heterocycles. The Morgan fingerprint density at radius 3 is 1.19 bits per heavy atom. The predicted molar refractivity (Wildman–Crippen MR) is 228 cm³/mol. The van der Waals surface area contributed by atoms with Crippen molar-refractivity contribution in [3.63, 3.8) is 0 Å². The zero-order valence-electron chi connectivity index (χ0n) is 38.0. The van der Waals surface area contributed by atoms with Crippen LogP contribution in [0.1, 0.15) is 46.0 Å². The molecular weight excluding hydrogens is 857 g/mol. The molecule has 0 aliphatic carbocycles. The highest BCUT2D eigenvalue weighted by Gasteiger charge is 2.26. The van der Waals surface area contributed by atoms with Crippen molar-refractivity contribution in [1.29, 1.82) is 0 Å². The van der Waals surface area contributed by atoms with Crippen LogP contribution in [0.2, 0.25) is 0 Å². The number of hydrogen-bond donors (Lipinski definition) is 6. The van der Waals surface area contributed by atoms with E-state index in [4.69, 9.17) is 51.9 Å². The van der Waals surface area contributed by atoms with E-state index in [0.717, 1.165) is 0 Å². The second kappa shape index (κ2) is 41.8. The third-order valence-corrected chi connectivity index (χ3v) is 10.2. The van der Waals surface area contributed by atoms with Crippen molar-refractivity contribution >= 4 is 37.1 Å². The van der Waals surface area contributed by atoms with Crippen LogP contribution in [0.3, 0.4) is 0 Å². The lowest BCUT2D eigenvalue weighted by Crippen LogP contribution is -2.50. The molecule has 0 bridgehead atoms. The summed E-state index contributed by atoms with van der Waals surface area (Å²) in [6.07, 6.45) is -0.474. The molecule has 24 heteroatoms. The lowest BCUT2D eigenvalue weighted by molar-refractivity contribution is -0.131. The Labute approximate surface area is 372 Å². The van der Waals surface area contributed by atoms with Crippen LogP contribution in [-0.2, 0) is 80.4 Å². The van der Waals surface area contributed by atoms with Gasteiger partial charge in [0.15, 0.2) is 0 Å². The molecule has 0 aliphatic rings. The van der Waals surface area contributed by atoms with Crippen LogP contribution in [0.15, 0.2) is 0 Å². The number of rotatable bonds is 45. The van der Waals surface area contributed by atoms with Gasteiger partial charge in [-0.05, 0) is 12.8 Å². The summed E-state index contributed by atoms with van der Waals surface area (Å²) in [5.41, 5.74) is -0.484. The zero-order chi connectivity index (χ0) is 46.8. The molecule has 0 spiro atoms. The van der Waals surface area contributed by atoms with E-state index < -0.39 is 49.0 Å². The largest absolute Gasteiger partial charge is 0.382 e. The number of nitrogens with one attached hydrogen (secondary N) is 5. The van der Waals surface area contributed by atoms with Crippen molar-refractivity contribution in [2.24, 2.45) is 0 Å². The monoisotopic (exact) mass is 933 g/mol. The molecule has 0 aliphatic heterocycles. The Balaban J connectivity index is 4.93. The maximum Gasteiger partial charge on any atom is 0.330 e. The van der Waals surface area contributed by atoms with Gasteiger partial charge in [-0.25, -0.2) is 0 Å². The van der Waals surface area contributed by atoms with Crippen LogP contribution in [0, 0.1) is 0 Å². The van der Waals surface area contributed by atoms with Crippen LogP contribution >= 0.6 is 7.60 Å². The molecule has 0 saturated carbocycles. The minimum absolute atomic E-state index is 0.00750. The average Bonchev–Trinajstić information content (AvgIpc) is 3.25. The molecule has 0 aromatic rings. The van der Waals surface area contributed by atoms with E-state index in [2.05, 4.69) is 26.6 Å². The summed E-state index contributed by atoms with van der Waals surface area (Å²) in [5, 5.41) is 13.4. The number of ether oxygens (including phenoxy) is 10. The van der Waals surface area contributed by atoms with Crippen LogP contribution in [0.25, 0.3) is 0 Å². The molecule has 0 aromatic heterocycles. The average molecular weight is 934 g/mol. The quantitative estimate of drug-likeness (QED) is 0.0313. The first-order valence-corrected chi connectivity index (χ1v) is 22.9. The fourth-order valence-electron chi connectivity index (χ4n) is 4.75. The van der Waals surface area contributed by atoms with Crippen molar-refractivity contribution in [3.05, 3.63) is 0 Å². The van der Waals surface area contributed by atoms with E-state index in [0.29, 0.717) is 59.5 Å². The van der Waals surface area contributed by atoms with Crippen LogP contribution < -0.4 is 26.6 Å². The van der Waals surface area contributed by atoms with Gasteiger partial charge in [-0.2, -0.15) is 0 Å². The number of carbonyl (C=O) groups is 5. The van der Waals surface area contributed by atoms with E-state index in [-0.39, 0.29) is 117 Å². The molecule has 0 fully saturated rings. The highest BCUT2D eigenvalue weighted by Crippen LogP contribution is 2.46. The minimum atomic E-state index is -3.61. The molecular formula is C39H76N5O18P. The van der Waals surface area contributed by atoms with E-state index >= 15 is 0 Å². The van der Waals surface area contributed by atoms with Gasteiger partial charge in [-0.15, -0.1) is 0 Å². The molecule has 0 rings (SSSR count). The van der Waals surface area contributed by atoms with Gasteiger partial charge in [0.25, 0.3) is 0 Å². The second-order valence-electron chi connectivity index (χ2n) is 13.8. The molecule has 0 radical (unpaired) electrons. The summed E-state index contributed by atoms with van der Waals surface area (Å²) in [5.74, 6) is -2.44. The Morgan fingerprint density at radius 2 is 0.778 bits per heavy atom. The molecule has 5 amide bonds. The van der Waals surface area contributed by atoms with Gasteiger partial charge < -0.3 is 83.4 Å². The Morgan fingerprint density at radius 1 is 0.444 bits per heavy atom. The number of hydrogen-bond acceptors (Lipinski definition) is 17. The zero-order valence-corrected chi connectivity index (χ0v) is 38.8. The molecule has 6 N–H and O–H groups in total. The van der Waals surface area contributed by atoms with Crippen molar-refractivity contribution in [3.8, 4) is 0 Å². The van der Waals surface area contributed by atoms with Gasteiger partial charge >= 0.3 is 7.60 Å². The first kappa shape index (κ1) is 60.1. The smallest absolute Gasteiger partial charge is 0.330 e. The summed E-state index contributed by atoms with van der Waals surface area (Å²) >= 11 is 0. The number of amides is 5. The Hall–Kier alpha value is -2.90. The van der Waals surface area contributed by atoms with Crippen LogP contribution in [0.4, 0.5) is 0 Å². The molecule has 63 heavy (non-hydrogen) atoms. The topological polar surface area (TPSA) is 284 Å². The molecule has 0 aromatic carbocycles. The van der Waals surface area contributed by atoms with Crippen LogP contribution in [-0.4, -0.2) is 212 Å². The molecule has 3 unspecified atom stereocenters. The molecule has 23 nitrogen and oxygen atoms in total. The maximum absolute atomic E-state index is 13.2. The van der Waals surface area contributed by atoms with E-state index in [9.17, 15) is 33.4 Å². The van der Waals surface area contributed by atoms with Crippen molar-refractivity contribution < 1.29 is 85.3 Å². The lowest BCUT2D eigenvalue weighted by Gasteiger charge is -2.21. The second-order valence-corrected chi connectivity index (χ2v) is 16.2. The van der Waals surface area contributed by atoms with E-state index in [1.54, 1.807) is 28.1 Å². The maximum atomic E-state index is 13.2. The third-order valence-electron chi connectivity index (χ3n) is 8.32. The van der Waals surface area contributed by atoms with Crippen LogP contribution in [0.5, 0.6) is 0 Å². The standard InChI is InChI=1S/C39H76N5O18P/c1-32(2)63(50,51)62-31-30-61-29-28-60-27-26-59-25-24-55-14-10-37(47)44-34(39(49)42-13-17-58-23-20-54-5)7-9-36(46)43-33(38(48)41-12-16-57-22-19-53-4)6-8-35(45)40-11-15-56-21-18-52-3/h32-34H,6-31H2,1-5H3,(H,40,45)(H,41,48)(H,42,49)(H,43,46)(H,44,47)(H,50,51). The highest BCUT2D eigenvalue weighted by molar-refractivity contribution is 7.53. The summed E-state index contributed by atoms with van der Waals surface area (Å²) in [4.78, 5) is 74.4. The van der Waals surface area contributed by atoms with Gasteiger partial charge in [-0.1, -0.05) is 13.8 Å². The highest BCUT2D eigenvalue weighted by atomic mass is 31.2. The number of methoxy groups -OCH3 is 3. The summed E-state index contributed by atoms with van der Waals surface area (Å²) in [6, 6.07) is -2.17. The predicted octanol–water partition coefficient (Wildman–Crippen LogP) is -1.08. The van der Waals surface area contributed by atoms with Gasteiger partial charge in [-0.3, -0.25) is 28.5 Å². The fraction of sp³-hybridized carbons (Fsp3) is 0.872. The SMILES string of the molecule is COCCOCCNC(=O)CCC(NC(=O)CCC(NC(=O)CCOCCOCCOCCOCCOP(=O)(O)C(C)C)C(=O)NCCOCCOC)C(=O)NCCOCCOC. The minimum Gasteiger partial charge on any atom is -0.382 e. The summed E-state index contributed by atoms with van der Waals surface area (Å²) in [6.45, 7) is 8.56. The van der Waals surface area contributed by atoms with Gasteiger partial charge in [0, 0.05) is 60.2 Å². The van der Waals surface area contributed by atoms with Gasteiger partial charge in [0.1, 0.15) is 12.1 Å². The van der Waals surface area contributed by atoms with Gasteiger partial charge in [0.2, 0.25) is 29.5 Å². The first-order valence-electron chi connectivity index (χ1n) is 21.3. The van der Waals surface area contributed by atoms with E-state index in [1.165, 1.54) is 7.11 Å². The Bertz CT molecular complexity index is 1240. The Kier molecular flexibility index (Phi) is 39.9. The van der Waals surface area contributed by atoms with Gasteiger partial charge in [0.05, 0.1) is 125 Å². The normalized spacial score (nSPS) is 13.3. The fourth-order valence-corrected chi connectivity index (χ4v) is 5.38. The van der Waals surface area contributed by atoms with Crippen molar-refractivity contribution in [2.45, 2.75) is 63.7 Å². The molecule has 3 atom stereocenters. The number of carbonyl (C=O) groups excluding carboxylic acids is 5. The summed E-state index contributed by atoms with van der Waals surface area (Å²) < 4.78 is 69.3. The first-order chi connectivity index (χ1) is 30.4. The molecule has 0 saturated heterocycles. The lowest BCUT2D eigenvalue weighted by atomic mass is 10.1.